The molecule has 0 aromatic heterocycles. The van der Waals surface area contributed by atoms with Gasteiger partial charge < -0.3 is 5.48 Å². The Labute approximate surface area is 64.4 Å². The molecular weight excluding hydrogens is 350 g/mol. The van der Waals surface area contributed by atoms with Crippen LogP contribution in [0.5, 0.6) is 0 Å². The van der Waals surface area contributed by atoms with E-state index in [1.807, 2.05) is 0 Å². The summed E-state index contributed by atoms with van der Waals surface area (Å²) < 4.78 is 31.6. The van der Waals surface area contributed by atoms with Crippen molar-refractivity contribution < 1.29 is 54.1 Å². The van der Waals surface area contributed by atoms with Gasteiger partial charge in [-0.1, -0.05) is 0 Å². The number of hydrogen-bond donors (Lipinski definition) is 2. The molecule has 4 N–H and O–H groups in total. The molecule has 0 saturated carbocycles. The number of hydrogen-bond acceptors (Lipinski definition) is 2. The molecule has 0 aromatic carbocycles. The zero-order valence-electron chi connectivity index (χ0n) is 3.12. The van der Waals surface area contributed by atoms with E-state index < -0.39 is 10.4 Å². The molecule has 0 spiro atoms. The second-order valence-electron chi connectivity index (χ2n) is 0.448. The van der Waals surface area contributed by atoms with Crippen LogP contribution in [-0.2, 0) is 10.4 Å². The minimum absolute atomic E-state index is 0. The van der Waals surface area contributed by atoms with Crippen molar-refractivity contribution in [2.75, 3.05) is 0 Å². The fourth-order valence-corrected chi connectivity index (χ4v) is 0. The van der Waals surface area contributed by atoms with E-state index >= 15 is 0 Å². The molecule has 0 heterocycles. The van der Waals surface area contributed by atoms with Crippen molar-refractivity contribution >= 4 is 10.4 Å². The molecule has 0 aliphatic carbocycles. The summed E-state index contributed by atoms with van der Waals surface area (Å²) in [6.45, 7) is 0. The molecule has 0 bridgehead atoms. The summed E-state index contributed by atoms with van der Waals surface area (Å²) >= 11 is 0. The largest absolute Gasteiger partial charge is 0.412 e. The van der Waals surface area contributed by atoms with Crippen molar-refractivity contribution in [3.05, 3.63) is 0 Å². The Kier molecular flexibility index (Phi) is 11.2. The Morgan fingerprint density at radius 1 is 1.14 bits per heavy atom. The number of rotatable bonds is 0. The van der Waals surface area contributed by atoms with Crippen LogP contribution in [0.4, 0.5) is 0 Å². The quantitative estimate of drug-likeness (QED) is 0.518. The van der Waals surface area contributed by atoms with Crippen molar-refractivity contribution in [3.8, 4) is 0 Å². The fraction of sp³-hybridized carbons (Fsp3) is 0. The van der Waals surface area contributed by atoms with Gasteiger partial charge in [0, 0.05) is 31.1 Å². The molecule has 5 nitrogen and oxygen atoms in total. The van der Waals surface area contributed by atoms with Crippen molar-refractivity contribution in [1.29, 1.82) is 0 Å². The van der Waals surface area contributed by atoms with E-state index in [1.54, 1.807) is 0 Å². The van der Waals surface area contributed by atoms with Gasteiger partial charge in [0.15, 0.2) is 0 Å². The molecule has 7 heteroatoms. The van der Waals surface area contributed by atoms with Gasteiger partial charge in [-0.25, -0.2) is 0 Å². The Morgan fingerprint density at radius 2 is 1.14 bits per heavy atom. The Balaban J connectivity index is -0.0000000800. The molecule has 0 unspecified atom stereocenters. The zero-order valence-corrected chi connectivity index (χ0v) is 8.10. The van der Waals surface area contributed by atoms with Crippen molar-refractivity contribution in [2.24, 2.45) is 0 Å². The average molecular weight is 354 g/mol. The minimum atomic E-state index is -4.67. The minimum Gasteiger partial charge on any atom is -0.412 e. The van der Waals surface area contributed by atoms with Gasteiger partial charge in [0.1, 0.15) is 0 Å². The van der Waals surface area contributed by atoms with Gasteiger partial charge in [-0.05, 0) is 0 Å². The molecule has 44 valence electrons. The summed E-state index contributed by atoms with van der Waals surface area (Å²) in [5.41, 5.74) is 0. The van der Waals surface area contributed by atoms with Gasteiger partial charge in [0.2, 0.25) is 0 Å². The van der Waals surface area contributed by atoms with Crippen molar-refractivity contribution in [2.45, 2.75) is 0 Å². The standard InChI is InChI=1S/H2O4S.H2O.U/c1-5(2,3)4;;/h(H2,1,2,3,4);1H2;. The van der Waals surface area contributed by atoms with Crippen LogP contribution in [0.1, 0.15) is 0 Å². The monoisotopic (exact) mass is 354 g/mol. The average Bonchev–Trinajstić information content (AvgIpc) is 0.722. The van der Waals surface area contributed by atoms with E-state index in [-0.39, 0.29) is 36.6 Å². The summed E-state index contributed by atoms with van der Waals surface area (Å²) in [5, 5.41) is 0. The molecule has 0 radical (unpaired) electrons. The Hall–Kier alpha value is 0.882. The van der Waals surface area contributed by atoms with Crippen LogP contribution in [0.15, 0.2) is 0 Å². The molecule has 0 aromatic rings. The molecule has 0 saturated heterocycles. The van der Waals surface area contributed by atoms with Gasteiger partial charge in [0.25, 0.3) is 0 Å². The summed E-state index contributed by atoms with van der Waals surface area (Å²) in [4.78, 5) is 0. The Morgan fingerprint density at radius 3 is 1.14 bits per heavy atom. The van der Waals surface area contributed by atoms with E-state index in [0.717, 1.165) is 0 Å². The van der Waals surface area contributed by atoms with Crippen LogP contribution in [0.2, 0.25) is 0 Å². The first-order valence-corrected chi connectivity index (χ1v) is 2.10. The normalized spacial score (nSPS) is 8.29. The second kappa shape index (κ2) is 5.03. The van der Waals surface area contributed by atoms with Crippen molar-refractivity contribution in [1.82, 2.24) is 0 Å². The first kappa shape index (κ1) is 15.7. The van der Waals surface area contributed by atoms with Crippen LogP contribution in [0, 0.1) is 31.1 Å². The Bertz CT molecular complexity index is 91.2. The third kappa shape index (κ3) is 211. The van der Waals surface area contributed by atoms with Crippen LogP contribution >= 0.6 is 0 Å². The van der Waals surface area contributed by atoms with Gasteiger partial charge in [-0.3, -0.25) is 9.11 Å². The van der Waals surface area contributed by atoms with Crippen LogP contribution in [0.3, 0.4) is 0 Å². The zero-order chi connectivity index (χ0) is 4.50. The van der Waals surface area contributed by atoms with E-state index in [0.29, 0.717) is 0 Å². The van der Waals surface area contributed by atoms with Gasteiger partial charge in [-0.15, -0.1) is 0 Å². The third-order valence-corrected chi connectivity index (χ3v) is 0. The van der Waals surface area contributed by atoms with Crippen LogP contribution in [0.25, 0.3) is 0 Å². The SMILES string of the molecule is O.O=S(=O)(O)O.[U]. The molecule has 0 fully saturated rings. The van der Waals surface area contributed by atoms with E-state index in [1.165, 1.54) is 0 Å². The third-order valence-electron chi connectivity index (χ3n) is 0. The summed E-state index contributed by atoms with van der Waals surface area (Å²) in [6.07, 6.45) is 0. The topological polar surface area (TPSA) is 106 Å². The molecule has 0 amide bonds. The van der Waals surface area contributed by atoms with Crippen LogP contribution < -0.4 is 0 Å². The van der Waals surface area contributed by atoms with Crippen molar-refractivity contribution in [3.63, 3.8) is 0 Å². The van der Waals surface area contributed by atoms with E-state index in [4.69, 9.17) is 17.5 Å². The smallest absolute Gasteiger partial charge is 0.394 e. The molecule has 0 aliphatic rings. The second-order valence-corrected chi connectivity index (χ2v) is 1.34. The van der Waals surface area contributed by atoms with Gasteiger partial charge in [-0.2, -0.15) is 8.42 Å². The van der Waals surface area contributed by atoms with Gasteiger partial charge in [0.05, 0.1) is 0 Å². The maximum absolute atomic E-state index is 8.74. The predicted molar refractivity (Wildman–Crippen MR) is 17.8 cm³/mol. The summed E-state index contributed by atoms with van der Waals surface area (Å²) in [5.74, 6) is 0. The summed E-state index contributed by atoms with van der Waals surface area (Å²) in [6, 6.07) is 0. The maximum Gasteiger partial charge on any atom is 0.394 e. The first-order valence-electron chi connectivity index (χ1n) is 0.698. The van der Waals surface area contributed by atoms with Crippen LogP contribution in [-0.4, -0.2) is 23.0 Å². The maximum atomic E-state index is 8.74. The predicted octanol–water partition coefficient (Wildman–Crippen LogP) is -1.48. The van der Waals surface area contributed by atoms with E-state index in [9.17, 15) is 0 Å². The summed E-state index contributed by atoms with van der Waals surface area (Å²) in [7, 11) is -4.67. The molecular formula is H4O5SU. The fourth-order valence-electron chi connectivity index (χ4n) is 0. The molecule has 0 aliphatic heterocycles. The molecule has 0 atom stereocenters. The first-order chi connectivity index (χ1) is 2.00. The van der Waals surface area contributed by atoms with Gasteiger partial charge >= 0.3 is 10.4 Å². The van der Waals surface area contributed by atoms with E-state index in [2.05, 4.69) is 0 Å². The molecule has 7 heavy (non-hydrogen) atoms. The molecule has 0 rings (SSSR count).